The fourth-order valence-corrected chi connectivity index (χ4v) is 1.78. The molecule has 88 valence electrons. The standard InChI is InChI=1S/C12H20N4/c1-3-13-11-9(2)12(16-8-15-11)14-7-6-10-4-5-10/h8,10H,3-7H2,1-2H3,(H2,13,14,15,16). The number of rotatable bonds is 6. The Hall–Kier alpha value is -1.32. The Balaban J connectivity index is 1.93. The molecule has 1 aliphatic carbocycles. The lowest BCUT2D eigenvalue weighted by molar-refractivity contribution is 0.757. The molecule has 0 atom stereocenters. The lowest BCUT2D eigenvalue weighted by Gasteiger charge is -2.11. The van der Waals surface area contributed by atoms with Crippen LogP contribution in [0.1, 0.15) is 31.7 Å². The minimum absolute atomic E-state index is 0.888. The third kappa shape index (κ3) is 2.84. The van der Waals surface area contributed by atoms with Crippen molar-refractivity contribution in [3.8, 4) is 0 Å². The van der Waals surface area contributed by atoms with Crippen LogP contribution in [0, 0.1) is 12.8 Å². The number of aromatic nitrogens is 2. The van der Waals surface area contributed by atoms with Crippen LogP contribution in [0.2, 0.25) is 0 Å². The third-order valence-corrected chi connectivity index (χ3v) is 2.97. The van der Waals surface area contributed by atoms with Crippen molar-refractivity contribution in [2.45, 2.75) is 33.1 Å². The van der Waals surface area contributed by atoms with Gasteiger partial charge in [-0.1, -0.05) is 12.8 Å². The molecule has 1 aliphatic rings. The van der Waals surface area contributed by atoms with Crippen molar-refractivity contribution in [3.63, 3.8) is 0 Å². The van der Waals surface area contributed by atoms with E-state index in [-0.39, 0.29) is 0 Å². The minimum atomic E-state index is 0.888. The van der Waals surface area contributed by atoms with E-state index in [1.165, 1.54) is 19.3 Å². The van der Waals surface area contributed by atoms with E-state index in [4.69, 9.17) is 0 Å². The van der Waals surface area contributed by atoms with Crippen LogP contribution < -0.4 is 10.6 Å². The Labute approximate surface area is 96.9 Å². The molecule has 4 heteroatoms. The van der Waals surface area contributed by atoms with Gasteiger partial charge in [0.25, 0.3) is 0 Å². The Kier molecular flexibility index (Phi) is 3.59. The van der Waals surface area contributed by atoms with Crippen LogP contribution in [0.15, 0.2) is 6.33 Å². The van der Waals surface area contributed by atoms with Crippen LogP contribution in [-0.2, 0) is 0 Å². The van der Waals surface area contributed by atoms with Gasteiger partial charge in [0.1, 0.15) is 18.0 Å². The molecule has 2 rings (SSSR count). The molecular formula is C12H20N4. The van der Waals surface area contributed by atoms with Gasteiger partial charge in [-0.3, -0.25) is 0 Å². The Morgan fingerprint density at radius 1 is 1.25 bits per heavy atom. The first-order valence-corrected chi connectivity index (χ1v) is 6.10. The van der Waals surface area contributed by atoms with Gasteiger partial charge in [-0.25, -0.2) is 9.97 Å². The van der Waals surface area contributed by atoms with Crippen molar-refractivity contribution in [2.24, 2.45) is 5.92 Å². The van der Waals surface area contributed by atoms with E-state index in [1.807, 2.05) is 0 Å². The van der Waals surface area contributed by atoms with Gasteiger partial charge < -0.3 is 10.6 Å². The number of nitrogens with zero attached hydrogens (tertiary/aromatic N) is 2. The smallest absolute Gasteiger partial charge is 0.134 e. The molecule has 0 amide bonds. The van der Waals surface area contributed by atoms with Gasteiger partial charge in [0, 0.05) is 18.7 Å². The number of anilines is 2. The fraction of sp³-hybridized carbons (Fsp3) is 0.667. The zero-order valence-electron chi connectivity index (χ0n) is 10.1. The number of hydrogen-bond acceptors (Lipinski definition) is 4. The molecule has 0 saturated heterocycles. The zero-order chi connectivity index (χ0) is 11.4. The molecule has 4 nitrogen and oxygen atoms in total. The van der Waals surface area contributed by atoms with Crippen molar-refractivity contribution in [1.29, 1.82) is 0 Å². The second kappa shape index (κ2) is 5.14. The molecule has 1 aromatic heterocycles. The van der Waals surface area contributed by atoms with Crippen molar-refractivity contribution >= 4 is 11.6 Å². The normalized spacial score (nSPS) is 14.9. The van der Waals surface area contributed by atoms with Crippen molar-refractivity contribution in [2.75, 3.05) is 23.7 Å². The highest BCUT2D eigenvalue weighted by Crippen LogP contribution is 2.32. The van der Waals surface area contributed by atoms with Crippen molar-refractivity contribution in [3.05, 3.63) is 11.9 Å². The molecule has 0 bridgehead atoms. The topological polar surface area (TPSA) is 49.8 Å². The molecule has 2 N–H and O–H groups in total. The van der Waals surface area contributed by atoms with Crippen LogP contribution in [-0.4, -0.2) is 23.1 Å². The van der Waals surface area contributed by atoms with E-state index < -0.39 is 0 Å². The lowest BCUT2D eigenvalue weighted by atomic mass is 10.2. The second-order valence-corrected chi connectivity index (χ2v) is 4.39. The minimum Gasteiger partial charge on any atom is -0.370 e. The van der Waals surface area contributed by atoms with Gasteiger partial charge in [0.05, 0.1) is 0 Å². The van der Waals surface area contributed by atoms with E-state index in [0.717, 1.165) is 36.2 Å². The molecule has 1 saturated carbocycles. The predicted molar refractivity (Wildman–Crippen MR) is 66.8 cm³/mol. The Bertz CT molecular complexity index is 347. The van der Waals surface area contributed by atoms with Crippen LogP contribution in [0.5, 0.6) is 0 Å². The van der Waals surface area contributed by atoms with E-state index in [2.05, 4.69) is 34.4 Å². The van der Waals surface area contributed by atoms with Gasteiger partial charge in [-0.2, -0.15) is 0 Å². The van der Waals surface area contributed by atoms with E-state index in [0.29, 0.717) is 0 Å². The first-order valence-electron chi connectivity index (χ1n) is 6.10. The molecule has 0 aliphatic heterocycles. The van der Waals surface area contributed by atoms with E-state index in [9.17, 15) is 0 Å². The summed E-state index contributed by atoms with van der Waals surface area (Å²) in [7, 11) is 0. The summed E-state index contributed by atoms with van der Waals surface area (Å²) in [6, 6.07) is 0. The fourth-order valence-electron chi connectivity index (χ4n) is 1.78. The highest BCUT2D eigenvalue weighted by Gasteiger charge is 2.20. The molecule has 0 aromatic carbocycles. The maximum absolute atomic E-state index is 4.28. The molecule has 1 fully saturated rings. The largest absolute Gasteiger partial charge is 0.370 e. The first kappa shape index (κ1) is 11.2. The maximum atomic E-state index is 4.28. The van der Waals surface area contributed by atoms with Crippen molar-refractivity contribution < 1.29 is 0 Å². The second-order valence-electron chi connectivity index (χ2n) is 4.39. The summed E-state index contributed by atoms with van der Waals surface area (Å²) in [6.45, 7) is 6.03. The first-order chi connectivity index (χ1) is 7.81. The average Bonchev–Trinajstić information content (AvgIpc) is 3.08. The van der Waals surface area contributed by atoms with Gasteiger partial charge >= 0.3 is 0 Å². The average molecular weight is 220 g/mol. The summed E-state index contributed by atoms with van der Waals surface area (Å²) < 4.78 is 0. The summed E-state index contributed by atoms with van der Waals surface area (Å²) in [5, 5.41) is 6.63. The van der Waals surface area contributed by atoms with Crippen LogP contribution in [0.3, 0.4) is 0 Å². The quantitative estimate of drug-likeness (QED) is 0.773. The highest BCUT2D eigenvalue weighted by atomic mass is 15.1. The summed E-state index contributed by atoms with van der Waals surface area (Å²) in [5.74, 6) is 2.86. The zero-order valence-corrected chi connectivity index (χ0v) is 10.1. The Morgan fingerprint density at radius 2 is 1.94 bits per heavy atom. The van der Waals surface area contributed by atoms with Gasteiger partial charge in [0.15, 0.2) is 0 Å². The number of hydrogen-bond donors (Lipinski definition) is 2. The molecular weight excluding hydrogens is 200 g/mol. The molecule has 1 aromatic rings. The molecule has 0 spiro atoms. The summed E-state index contributed by atoms with van der Waals surface area (Å²) in [5.41, 5.74) is 1.11. The lowest BCUT2D eigenvalue weighted by Crippen LogP contribution is -2.09. The molecule has 0 radical (unpaired) electrons. The maximum Gasteiger partial charge on any atom is 0.134 e. The monoisotopic (exact) mass is 220 g/mol. The predicted octanol–water partition coefficient (Wildman–Crippen LogP) is 2.43. The van der Waals surface area contributed by atoms with Gasteiger partial charge in [0.2, 0.25) is 0 Å². The van der Waals surface area contributed by atoms with Gasteiger partial charge in [-0.15, -0.1) is 0 Å². The summed E-state index contributed by atoms with van der Waals surface area (Å²) in [4.78, 5) is 8.50. The molecule has 16 heavy (non-hydrogen) atoms. The summed E-state index contributed by atoms with van der Waals surface area (Å²) in [6.07, 6.45) is 5.70. The SMILES string of the molecule is CCNc1ncnc(NCCC2CC2)c1C. The van der Waals surface area contributed by atoms with E-state index in [1.54, 1.807) is 6.33 Å². The van der Waals surface area contributed by atoms with Crippen LogP contribution in [0.4, 0.5) is 11.6 Å². The number of nitrogens with one attached hydrogen (secondary N) is 2. The van der Waals surface area contributed by atoms with Gasteiger partial charge in [-0.05, 0) is 26.2 Å². The highest BCUT2D eigenvalue weighted by molar-refractivity contribution is 5.56. The summed E-state index contributed by atoms with van der Waals surface area (Å²) >= 11 is 0. The Morgan fingerprint density at radius 3 is 2.56 bits per heavy atom. The molecule has 1 heterocycles. The van der Waals surface area contributed by atoms with Crippen LogP contribution in [0.25, 0.3) is 0 Å². The van der Waals surface area contributed by atoms with E-state index >= 15 is 0 Å². The third-order valence-electron chi connectivity index (χ3n) is 2.97. The van der Waals surface area contributed by atoms with Crippen LogP contribution >= 0.6 is 0 Å². The molecule has 0 unspecified atom stereocenters. The van der Waals surface area contributed by atoms with Crippen molar-refractivity contribution in [1.82, 2.24) is 9.97 Å².